The first-order valence-electron chi connectivity index (χ1n) is 4.52. The number of benzene rings is 1. The maximum Gasteiger partial charge on any atom is 0.235 e. The van der Waals surface area contributed by atoms with Gasteiger partial charge in [-0.3, -0.25) is 10.2 Å². The average molecular weight is 193 g/mol. The van der Waals surface area contributed by atoms with E-state index in [1.165, 1.54) is 5.56 Å². The summed E-state index contributed by atoms with van der Waals surface area (Å²) in [5, 5.41) is 3.13. The average Bonchev–Trinajstić information content (AvgIpc) is 2.17. The van der Waals surface area contributed by atoms with Crippen molar-refractivity contribution < 1.29 is 4.79 Å². The lowest BCUT2D eigenvalue weighted by atomic mass is 10.2. The van der Waals surface area contributed by atoms with Gasteiger partial charge in [0.25, 0.3) is 0 Å². The normalized spacial score (nSPS) is 9.57. The van der Waals surface area contributed by atoms with Crippen molar-refractivity contribution in [2.24, 2.45) is 5.84 Å². The number of anilines is 1. The van der Waals surface area contributed by atoms with E-state index in [0.717, 1.165) is 5.69 Å². The highest BCUT2D eigenvalue weighted by molar-refractivity contribution is 5.75. The Balaban J connectivity index is 2.35. The van der Waals surface area contributed by atoms with Crippen molar-refractivity contribution in [1.29, 1.82) is 0 Å². The van der Waals surface area contributed by atoms with Crippen LogP contribution in [0.2, 0.25) is 0 Å². The first-order chi connectivity index (χ1) is 6.72. The molecule has 4 N–H and O–H groups in total. The zero-order chi connectivity index (χ0) is 10.4. The summed E-state index contributed by atoms with van der Waals surface area (Å²) in [4.78, 5) is 10.8. The minimum absolute atomic E-state index is 0.162. The first-order valence-corrected chi connectivity index (χ1v) is 4.52. The molecule has 1 rings (SSSR count). The van der Waals surface area contributed by atoms with Gasteiger partial charge in [-0.2, -0.15) is 0 Å². The molecule has 4 heteroatoms. The third kappa shape index (κ3) is 3.45. The van der Waals surface area contributed by atoms with E-state index in [-0.39, 0.29) is 5.91 Å². The Morgan fingerprint density at radius 2 is 2.29 bits per heavy atom. The van der Waals surface area contributed by atoms with Gasteiger partial charge in [-0.25, -0.2) is 5.84 Å². The second-order valence-electron chi connectivity index (χ2n) is 3.11. The van der Waals surface area contributed by atoms with Crippen molar-refractivity contribution in [3.63, 3.8) is 0 Å². The molecular formula is C10H15N3O. The molecule has 1 aromatic carbocycles. The number of nitrogens with one attached hydrogen (secondary N) is 2. The number of aryl methyl sites for hydroxylation is 1. The van der Waals surface area contributed by atoms with Crippen molar-refractivity contribution in [3.05, 3.63) is 29.8 Å². The molecule has 0 atom stereocenters. The monoisotopic (exact) mass is 193 g/mol. The van der Waals surface area contributed by atoms with Gasteiger partial charge in [0.15, 0.2) is 0 Å². The number of hydrogen-bond acceptors (Lipinski definition) is 3. The summed E-state index contributed by atoms with van der Waals surface area (Å²) in [7, 11) is 0. The van der Waals surface area contributed by atoms with E-state index in [9.17, 15) is 4.79 Å². The third-order valence-electron chi connectivity index (χ3n) is 1.86. The quantitative estimate of drug-likeness (QED) is 0.376. The number of rotatable bonds is 4. The number of carbonyl (C=O) groups is 1. The molecule has 76 valence electrons. The highest BCUT2D eigenvalue weighted by Crippen LogP contribution is 2.08. The Kier molecular flexibility index (Phi) is 3.94. The van der Waals surface area contributed by atoms with Gasteiger partial charge in [-0.15, -0.1) is 0 Å². The Labute approximate surface area is 83.5 Å². The maximum absolute atomic E-state index is 10.8. The van der Waals surface area contributed by atoms with Gasteiger partial charge >= 0.3 is 0 Å². The smallest absolute Gasteiger partial charge is 0.235 e. The molecule has 0 radical (unpaired) electrons. The Morgan fingerprint density at radius 1 is 1.50 bits per heavy atom. The minimum atomic E-state index is -0.162. The number of hydrogen-bond donors (Lipinski definition) is 3. The SMILES string of the molecule is Cc1cccc(NCCC(=O)NN)c1. The molecular weight excluding hydrogens is 178 g/mol. The van der Waals surface area contributed by atoms with E-state index in [0.29, 0.717) is 13.0 Å². The van der Waals surface area contributed by atoms with E-state index in [2.05, 4.69) is 10.7 Å². The van der Waals surface area contributed by atoms with Gasteiger partial charge in [-0.05, 0) is 24.6 Å². The fourth-order valence-corrected chi connectivity index (χ4v) is 1.15. The molecule has 0 aliphatic rings. The van der Waals surface area contributed by atoms with Gasteiger partial charge in [0, 0.05) is 18.7 Å². The third-order valence-corrected chi connectivity index (χ3v) is 1.86. The molecule has 1 aromatic rings. The van der Waals surface area contributed by atoms with Crippen molar-refractivity contribution >= 4 is 11.6 Å². The molecule has 0 saturated heterocycles. The highest BCUT2D eigenvalue weighted by Gasteiger charge is 1.97. The summed E-state index contributed by atoms with van der Waals surface area (Å²) in [5.41, 5.74) is 4.30. The van der Waals surface area contributed by atoms with Crippen LogP contribution in [0, 0.1) is 6.92 Å². The molecule has 4 nitrogen and oxygen atoms in total. The predicted molar refractivity (Wildman–Crippen MR) is 56.6 cm³/mol. The molecule has 0 saturated carbocycles. The number of nitrogens with two attached hydrogens (primary N) is 1. The van der Waals surface area contributed by atoms with Gasteiger partial charge < -0.3 is 5.32 Å². The largest absolute Gasteiger partial charge is 0.385 e. The van der Waals surface area contributed by atoms with Crippen molar-refractivity contribution in [1.82, 2.24) is 5.43 Å². The second-order valence-corrected chi connectivity index (χ2v) is 3.11. The Bertz CT molecular complexity index is 312. The van der Waals surface area contributed by atoms with E-state index in [1.54, 1.807) is 0 Å². The predicted octanol–water partition coefficient (Wildman–Crippen LogP) is 0.787. The molecule has 1 amide bonds. The maximum atomic E-state index is 10.8. The summed E-state index contributed by atoms with van der Waals surface area (Å²) in [6, 6.07) is 7.99. The molecule has 0 heterocycles. The molecule has 0 aliphatic carbocycles. The van der Waals surface area contributed by atoms with Crippen LogP contribution in [0.3, 0.4) is 0 Å². The molecule has 0 unspecified atom stereocenters. The second kappa shape index (κ2) is 5.24. The Hall–Kier alpha value is -1.55. The lowest BCUT2D eigenvalue weighted by Gasteiger charge is -2.05. The molecule has 0 spiro atoms. The van der Waals surface area contributed by atoms with Crippen LogP contribution in [-0.2, 0) is 4.79 Å². The van der Waals surface area contributed by atoms with Crippen LogP contribution >= 0.6 is 0 Å². The summed E-state index contributed by atoms with van der Waals surface area (Å²) in [5.74, 6) is 4.79. The van der Waals surface area contributed by atoms with Gasteiger partial charge in [-0.1, -0.05) is 12.1 Å². The Morgan fingerprint density at radius 3 is 2.93 bits per heavy atom. The zero-order valence-electron chi connectivity index (χ0n) is 8.21. The molecule has 0 aliphatic heterocycles. The lowest BCUT2D eigenvalue weighted by molar-refractivity contribution is -0.120. The van der Waals surface area contributed by atoms with E-state index in [4.69, 9.17) is 5.84 Å². The van der Waals surface area contributed by atoms with E-state index >= 15 is 0 Å². The standard InChI is InChI=1S/C10H15N3O/c1-8-3-2-4-9(7-8)12-6-5-10(14)13-11/h2-4,7,12H,5-6,11H2,1H3,(H,13,14). The van der Waals surface area contributed by atoms with E-state index < -0.39 is 0 Å². The lowest BCUT2D eigenvalue weighted by Crippen LogP contribution is -2.31. The topological polar surface area (TPSA) is 67.2 Å². The van der Waals surface area contributed by atoms with Crippen LogP contribution in [0.15, 0.2) is 24.3 Å². The number of carbonyl (C=O) groups excluding carboxylic acids is 1. The molecule has 0 fully saturated rings. The summed E-state index contributed by atoms with van der Waals surface area (Å²) >= 11 is 0. The van der Waals surface area contributed by atoms with E-state index in [1.807, 2.05) is 31.2 Å². The highest BCUT2D eigenvalue weighted by atomic mass is 16.2. The minimum Gasteiger partial charge on any atom is -0.385 e. The fourth-order valence-electron chi connectivity index (χ4n) is 1.15. The number of hydrazine groups is 1. The summed E-state index contributed by atoms with van der Waals surface area (Å²) in [6.45, 7) is 2.62. The molecule has 14 heavy (non-hydrogen) atoms. The van der Waals surface area contributed by atoms with Crippen LogP contribution in [0.4, 0.5) is 5.69 Å². The molecule has 0 aromatic heterocycles. The van der Waals surface area contributed by atoms with Crippen LogP contribution in [0.25, 0.3) is 0 Å². The van der Waals surface area contributed by atoms with Crippen molar-refractivity contribution in [2.75, 3.05) is 11.9 Å². The van der Waals surface area contributed by atoms with Crippen molar-refractivity contribution in [3.8, 4) is 0 Å². The van der Waals surface area contributed by atoms with Crippen LogP contribution in [0.5, 0.6) is 0 Å². The fraction of sp³-hybridized carbons (Fsp3) is 0.300. The van der Waals surface area contributed by atoms with Gasteiger partial charge in [0.05, 0.1) is 0 Å². The van der Waals surface area contributed by atoms with Gasteiger partial charge in [0.1, 0.15) is 0 Å². The summed E-state index contributed by atoms with van der Waals surface area (Å²) in [6.07, 6.45) is 0.379. The zero-order valence-corrected chi connectivity index (χ0v) is 8.21. The van der Waals surface area contributed by atoms with Crippen LogP contribution in [0.1, 0.15) is 12.0 Å². The summed E-state index contributed by atoms with van der Waals surface area (Å²) < 4.78 is 0. The van der Waals surface area contributed by atoms with Crippen LogP contribution < -0.4 is 16.6 Å². The van der Waals surface area contributed by atoms with Crippen LogP contribution in [-0.4, -0.2) is 12.5 Å². The molecule has 0 bridgehead atoms. The van der Waals surface area contributed by atoms with Gasteiger partial charge in [0.2, 0.25) is 5.91 Å². The van der Waals surface area contributed by atoms with Crippen molar-refractivity contribution in [2.45, 2.75) is 13.3 Å². The first kappa shape index (κ1) is 10.5. The number of amides is 1.